The summed E-state index contributed by atoms with van der Waals surface area (Å²) >= 11 is 3.23. The summed E-state index contributed by atoms with van der Waals surface area (Å²) in [6.45, 7) is 3.71. The van der Waals surface area contributed by atoms with Gasteiger partial charge in [-0.2, -0.15) is 0 Å². The van der Waals surface area contributed by atoms with Crippen molar-refractivity contribution in [2.24, 2.45) is 0 Å². The highest BCUT2D eigenvalue weighted by molar-refractivity contribution is 9.10. The zero-order valence-electron chi connectivity index (χ0n) is 10.9. The van der Waals surface area contributed by atoms with Gasteiger partial charge in [-0.3, -0.25) is 10.1 Å². The quantitative estimate of drug-likeness (QED) is 0.619. The molecule has 2 rings (SSSR count). The Hall–Kier alpha value is -1.17. The van der Waals surface area contributed by atoms with Gasteiger partial charge in [0.25, 0.3) is 5.69 Å². The minimum Gasteiger partial charge on any atom is -0.360 e. The van der Waals surface area contributed by atoms with E-state index in [0.29, 0.717) is 16.7 Å². The summed E-state index contributed by atoms with van der Waals surface area (Å²) in [5.41, 5.74) is -0.857. The molecule has 0 spiro atoms. The Balaban J connectivity index is 2.44. The van der Waals surface area contributed by atoms with Gasteiger partial charge in [0, 0.05) is 17.1 Å². The molecule has 0 aromatic heterocycles. The van der Waals surface area contributed by atoms with Crippen LogP contribution in [0.1, 0.15) is 26.7 Å². The highest BCUT2D eigenvalue weighted by atomic mass is 79.9. The first-order valence-electron chi connectivity index (χ1n) is 6.20. The van der Waals surface area contributed by atoms with Crippen LogP contribution in [0.15, 0.2) is 22.7 Å². The Morgan fingerprint density at radius 2 is 2.21 bits per heavy atom. The average Bonchev–Trinajstić information content (AvgIpc) is 2.77. The van der Waals surface area contributed by atoms with Crippen LogP contribution < -0.4 is 4.90 Å². The third-order valence-corrected chi connectivity index (χ3v) is 3.98. The molecule has 0 N–H and O–H groups in total. The monoisotopic (exact) mass is 330 g/mol. The number of nitrogens with zero attached hydrogens (tertiary/aromatic N) is 2. The molecular formula is C13H16BrFN2O2. The first kappa shape index (κ1) is 14.2. The number of nitro benzene ring substituents is 1. The minimum absolute atomic E-state index is 0.0190. The van der Waals surface area contributed by atoms with Crippen molar-refractivity contribution >= 4 is 27.3 Å². The Morgan fingerprint density at radius 3 is 2.79 bits per heavy atom. The molecule has 1 aromatic rings. The predicted octanol–water partition coefficient (Wildman–Crippen LogP) is 4.07. The zero-order chi connectivity index (χ0) is 14.2. The van der Waals surface area contributed by atoms with E-state index in [-0.39, 0.29) is 11.7 Å². The maximum absolute atomic E-state index is 14.2. The van der Waals surface area contributed by atoms with Crippen LogP contribution in [0.3, 0.4) is 0 Å². The number of nitro groups is 1. The Kier molecular flexibility index (Phi) is 3.80. The summed E-state index contributed by atoms with van der Waals surface area (Å²) in [7, 11) is 0. The van der Waals surface area contributed by atoms with E-state index in [1.54, 1.807) is 12.1 Å². The Morgan fingerprint density at radius 1 is 1.53 bits per heavy atom. The van der Waals surface area contributed by atoms with Gasteiger partial charge in [-0.1, -0.05) is 15.9 Å². The fourth-order valence-corrected chi connectivity index (χ4v) is 3.00. The van der Waals surface area contributed by atoms with E-state index in [1.165, 1.54) is 19.9 Å². The van der Waals surface area contributed by atoms with Crippen molar-refractivity contribution < 1.29 is 9.31 Å². The first-order valence-corrected chi connectivity index (χ1v) is 6.99. The van der Waals surface area contributed by atoms with Crippen LogP contribution in [-0.2, 0) is 0 Å². The lowest BCUT2D eigenvalue weighted by Gasteiger charge is -2.33. The molecule has 1 aliphatic rings. The maximum atomic E-state index is 14.2. The second-order valence-corrected chi connectivity index (χ2v) is 6.22. The summed E-state index contributed by atoms with van der Waals surface area (Å²) in [6.07, 6.45) is 1.57. The number of hydrogen-bond acceptors (Lipinski definition) is 3. The lowest BCUT2D eigenvalue weighted by molar-refractivity contribution is -0.384. The van der Waals surface area contributed by atoms with Crippen molar-refractivity contribution in [1.29, 1.82) is 0 Å². The SMILES string of the molecule is CC(C)(F)C1CCCN1c1ccc(Br)cc1[N+](=O)[O-]. The summed E-state index contributed by atoms with van der Waals surface area (Å²) in [5, 5.41) is 11.2. The number of anilines is 1. The van der Waals surface area contributed by atoms with Crippen molar-refractivity contribution in [3.63, 3.8) is 0 Å². The van der Waals surface area contributed by atoms with E-state index in [9.17, 15) is 14.5 Å². The van der Waals surface area contributed by atoms with Crippen LogP contribution in [0, 0.1) is 10.1 Å². The fourth-order valence-electron chi connectivity index (χ4n) is 2.65. The fraction of sp³-hybridized carbons (Fsp3) is 0.538. The van der Waals surface area contributed by atoms with Gasteiger partial charge in [0.05, 0.1) is 11.0 Å². The molecule has 6 heteroatoms. The summed E-state index contributed by atoms with van der Waals surface area (Å²) < 4.78 is 14.9. The lowest BCUT2D eigenvalue weighted by atomic mass is 9.98. The summed E-state index contributed by atoms with van der Waals surface area (Å²) in [6, 6.07) is 4.60. The lowest BCUT2D eigenvalue weighted by Crippen LogP contribution is -2.43. The second-order valence-electron chi connectivity index (χ2n) is 5.31. The van der Waals surface area contributed by atoms with E-state index in [4.69, 9.17) is 0 Å². The molecule has 0 saturated carbocycles. The van der Waals surface area contributed by atoms with Crippen LogP contribution in [-0.4, -0.2) is 23.2 Å². The molecule has 0 aliphatic carbocycles. The second kappa shape index (κ2) is 5.07. The molecule has 1 atom stereocenters. The van der Waals surface area contributed by atoms with Gasteiger partial charge >= 0.3 is 0 Å². The van der Waals surface area contributed by atoms with E-state index >= 15 is 0 Å². The number of alkyl halides is 1. The Bertz CT molecular complexity index is 502. The largest absolute Gasteiger partial charge is 0.360 e. The number of rotatable bonds is 3. The number of benzene rings is 1. The van der Waals surface area contributed by atoms with Gasteiger partial charge in [-0.25, -0.2) is 4.39 Å². The number of hydrogen-bond donors (Lipinski definition) is 0. The topological polar surface area (TPSA) is 46.4 Å². The molecule has 19 heavy (non-hydrogen) atoms. The van der Waals surface area contributed by atoms with Gasteiger partial charge < -0.3 is 4.90 Å². The molecule has 1 heterocycles. The van der Waals surface area contributed by atoms with Gasteiger partial charge in [0.1, 0.15) is 11.4 Å². The van der Waals surface area contributed by atoms with Gasteiger partial charge in [-0.15, -0.1) is 0 Å². The van der Waals surface area contributed by atoms with Crippen molar-refractivity contribution in [2.45, 2.75) is 38.4 Å². The van der Waals surface area contributed by atoms with Crippen molar-refractivity contribution in [3.05, 3.63) is 32.8 Å². The zero-order valence-corrected chi connectivity index (χ0v) is 12.5. The highest BCUT2D eigenvalue weighted by Gasteiger charge is 2.39. The van der Waals surface area contributed by atoms with Crippen molar-refractivity contribution in [2.75, 3.05) is 11.4 Å². The normalized spacial score (nSPS) is 19.8. The van der Waals surface area contributed by atoms with Crippen molar-refractivity contribution in [1.82, 2.24) is 0 Å². The first-order chi connectivity index (χ1) is 8.80. The average molecular weight is 331 g/mol. The van der Waals surface area contributed by atoms with Crippen LogP contribution in [0.4, 0.5) is 15.8 Å². The Labute approximate surface area is 119 Å². The van der Waals surface area contributed by atoms with E-state index < -0.39 is 10.6 Å². The molecule has 1 unspecified atom stereocenters. The van der Waals surface area contributed by atoms with E-state index in [0.717, 1.165) is 12.8 Å². The molecule has 0 bridgehead atoms. The predicted molar refractivity (Wildman–Crippen MR) is 76.4 cm³/mol. The minimum atomic E-state index is -1.38. The van der Waals surface area contributed by atoms with Crippen LogP contribution in [0.25, 0.3) is 0 Å². The molecular weight excluding hydrogens is 315 g/mol. The molecule has 104 valence electrons. The van der Waals surface area contributed by atoms with Gasteiger partial charge in [0.2, 0.25) is 0 Å². The van der Waals surface area contributed by atoms with Gasteiger partial charge in [0.15, 0.2) is 0 Å². The smallest absolute Gasteiger partial charge is 0.293 e. The third-order valence-electron chi connectivity index (χ3n) is 3.49. The van der Waals surface area contributed by atoms with Crippen LogP contribution in [0.2, 0.25) is 0 Å². The molecule has 0 amide bonds. The molecule has 1 fully saturated rings. The molecule has 1 saturated heterocycles. The van der Waals surface area contributed by atoms with E-state index in [1.807, 2.05) is 4.90 Å². The molecule has 1 aliphatic heterocycles. The standard InChI is InChI=1S/C13H16BrFN2O2/c1-13(2,15)12-4-3-7-16(12)10-6-5-9(14)8-11(10)17(18)19/h5-6,8,12H,3-4,7H2,1-2H3. The number of halogens is 2. The molecule has 0 radical (unpaired) electrons. The van der Waals surface area contributed by atoms with Crippen LogP contribution >= 0.6 is 15.9 Å². The van der Waals surface area contributed by atoms with E-state index in [2.05, 4.69) is 15.9 Å². The highest BCUT2D eigenvalue weighted by Crippen LogP contribution is 2.39. The summed E-state index contributed by atoms with van der Waals surface area (Å²) in [5.74, 6) is 0. The van der Waals surface area contributed by atoms with Crippen molar-refractivity contribution in [3.8, 4) is 0 Å². The maximum Gasteiger partial charge on any atom is 0.293 e. The molecule has 4 nitrogen and oxygen atoms in total. The van der Waals surface area contributed by atoms with Gasteiger partial charge in [-0.05, 0) is 38.8 Å². The third kappa shape index (κ3) is 2.88. The molecule has 1 aromatic carbocycles. The summed E-state index contributed by atoms with van der Waals surface area (Å²) in [4.78, 5) is 12.6. The van der Waals surface area contributed by atoms with Crippen LogP contribution in [0.5, 0.6) is 0 Å².